The van der Waals surface area contributed by atoms with Crippen molar-refractivity contribution in [2.24, 2.45) is 34.6 Å². The first-order valence-electron chi connectivity index (χ1n) is 25.9. The van der Waals surface area contributed by atoms with Gasteiger partial charge < -0.3 is 97.4 Å². The fraction of sp³-hybridized carbons (Fsp3) is 0.646. The second kappa shape index (κ2) is 34.6. The molecule has 12 atom stereocenters. The minimum atomic E-state index is -1.79. The molecule has 0 unspecified atom stereocenters. The standard InChI is InChI=1S/C48H80Cl2N16O13/c1-6-28-39(70)59-29(9-14-51)40(71)61-32(12-17-54)44(75)65-36(23(4)67)47(78)56-18-13-33(42(73)60-30(10-15-52)41(72)63-34(19-22(2)3)45(76)57-28)62-46(77)35(21-55)64-48(79)37(24(5)68)66-43(74)31(11-16-53)58-38(69)26-8-7-25(49)20-27(26)50/h7-8,20,22-24,28-37,67-68H,6,9-19,21,51-55H2,1-5H3,(H,56,78)(H,57,76)(H,58,69)(H,59,70)(H,60,73)(H,61,71)(H,62,77)(H,63,72)(H,64,79)(H,65,75)(H,66,74)/t23-,24-,28+,29+,30+,31+,32+,33+,34-,35+,36+,37+/m1/s1. The summed E-state index contributed by atoms with van der Waals surface area (Å²) in [5, 5.41) is 48.7. The smallest absolute Gasteiger partial charge is 0.253 e. The van der Waals surface area contributed by atoms with Crippen LogP contribution in [0.15, 0.2) is 18.2 Å². The van der Waals surface area contributed by atoms with E-state index >= 15 is 0 Å². The molecule has 23 N–H and O–H groups in total. The Morgan fingerprint density at radius 1 is 0.620 bits per heavy atom. The topological polar surface area (TPSA) is 491 Å². The van der Waals surface area contributed by atoms with Crippen LogP contribution in [0.5, 0.6) is 0 Å². The number of aliphatic hydroxyl groups is 2. The third-order valence-electron chi connectivity index (χ3n) is 12.3. The number of aliphatic hydroxyl groups excluding tert-OH is 2. The highest BCUT2D eigenvalue weighted by Gasteiger charge is 2.37. The summed E-state index contributed by atoms with van der Waals surface area (Å²) in [6.45, 7) is 5.72. The van der Waals surface area contributed by atoms with E-state index in [9.17, 15) is 63.0 Å². The lowest BCUT2D eigenvalue weighted by Crippen LogP contribution is -2.62. The summed E-state index contributed by atoms with van der Waals surface area (Å²) in [5.74, 6) is -10.7. The highest BCUT2D eigenvalue weighted by molar-refractivity contribution is 6.36. The lowest BCUT2D eigenvalue weighted by molar-refractivity contribution is -0.136. The number of hydrogen-bond donors (Lipinski definition) is 18. The Morgan fingerprint density at radius 3 is 1.61 bits per heavy atom. The van der Waals surface area contributed by atoms with Gasteiger partial charge in [-0.05, 0) is 109 Å². The Kier molecular flexibility index (Phi) is 30.2. The molecule has 1 aliphatic rings. The Morgan fingerprint density at radius 2 is 1.13 bits per heavy atom. The first-order chi connectivity index (χ1) is 37.3. The average Bonchev–Trinajstić information content (AvgIpc) is 3.38. The number of hydrogen-bond acceptors (Lipinski definition) is 18. The molecule has 1 saturated heterocycles. The molecule has 29 nitrogen and oxygen atoms in total. The Bertz CT molecular complexity index is 2280. The number of carbonyl (C=O) groups excluding carboxylic acids is 11. The maximum Gasteiger partial charge on any atom is 0.253 e. The number of nitrogens with one attached hydrogen (secondary N) is 11. The molecule has 0 bridgehead atoms. The Labute approximate surface area is 467 Å². The van der Waals surface area contributed by atoms with Crippen LogP contribution >= 0.6 is 23.2 Å². The molecule has 1 aromatic carbocycles. The molecule has 1 heterocycles. The molecular formula is C48H80Cl2N16O13. The van der Waals surface area contributed by atoms with E-state index in [2.05, 4.69) is 58.5 Å². The third-order valence-corrected chi connectivity index (χ3v) is 12.8. The van der Waals surface area contributed by atoms with Crippen LogP contribution in [-0.4, -0.2) is 187 Å². The van der Waals surface area contributed by atoms with Gasteiger partial charge in [0.25, 0.3) is 5.91 Å². The van der Waals surface area contributed by atoms with Gasteiger partial charge in [-0.1, -0.05) is 44.0 Å². The quantitative estimate of drug-likeness (QED) is 0.0513. The van der Waals surface area contributed by atoms with E-state index in [1.807, 2.05) is 0 Å². The van der Waals surface area contributed by atoms with Gasteiger partial charge >= 0.3 is 0 Å². The summed E-state index contributed by atoms with van der Waals surface area (Å²) in [6.07, 6.45) is -4.32. The molecule has 0 saturated carbocycles. The number of amides is 11. The van der Waals surface area contributed by atoms with E-state index in [0.29, 0.717) is 0 Å². The van der Waals surface area contributed by atoms with E-state index < -0.39 is 157 Å². The normalized spacial score (nSPS) is 23.3. The molecule has 11 amide bonds. The fourth-order valence-corrected chi connectivity index (χ4v) is 8.37. The molecule has 79 heavy (non-hydrogen) atoms. The van der Waals surface area contributed by atoms with Crippen LogP contribution in [0.1, 0.15) is 89.9 Å². The molecule has 1 fully saturated rings. The second-order valence-corrected chi connectivity index (χ2v) is 20.0. The molecule has 1 aromatic rings. The summed E-state index contributed by atoms with van der Waals surface area (Å²) < 4.78 is 0. The summed E-state index contributed by atoms with van der Waals surface area (Å²) in [4.78, 5) is 151. The van der Waals surface area contributed by atoms with Crippen LogP contribution in [0, 0.1) is 5.92 Å². The summed E-state index contributed by atoms with van der Waals surface area (Å²) >= 11 is 12.1. The van der Waals surface area contributed by atoms with Gasteiger partial charge in [0, 0.05) is 18.1 Å². The van der Waals surface area contributed by atoms with Crippen molar-refractivity contribution in [1.29, 1.82) is 0 Å². The highest BCUT2D eigenvalue weighted by Crippen LogP contribution is 2.21. The number of carbonyl (C=O) groups is 11. The third kappa shape index (κ3) is 22.4. The highest BCUT2D eigenvalue weighted by atomic mass is 35.5. The molecule has 1 aliphatic heterocycles. The number of benzene rings is 1. The number of rotatable bonds is 22. The van der Waals surface area contributed by atoms with Gasteiger partial charge in [-0.3, -0.25) is 52.7 Å². The summed E-state index contributed by atoms with van der Waals surface area (Å²) in [5.41, 5.74) is 29.0. The van der Waals surface area contributed by atoms with Crippen LogP contribution in [0.2, 0.25) is 10.0 Å². The van der Waals surface area contributed by atoms with Gasteiger partial charge in [0.15, 0.2) is 0 Å². The number of halogens is 2. The van der Waals surface area contributed by atoms with Crippen LogP contribution in [0.4, 0.5) is 0 Å². The van der Waals surface area contributed by atoms with E-state index in [4.69, 9.17) is 51.9 Å². The van der Waals surface area contributed by atoms with Crippen molar-refractivity contribution >= 4 is 88.2 Å². The van der Waals surface area contributed by atoms with Gasteiger partial charge in [0.2, 0.25) is 59.1 Å². The largest absolute Gasteiger partial charge is 0.391 e. The Balaban J connectivity index is 2.59. The van der Waals surface area contributed by atoms with Crippen molar-refractivity contribution in [3.05, 3.63) is 33.8 Å². The van der Waals surface area contributed by atoms with E-state index in [1.165, 1.54) is 25.1 Å². The summed E-state index contributed by atoms with van der Waals surface area (Å²) in [6, 6.07) is -11.0. The molecule has 2 rings (SSSR count). The van der Waals surface area contributed by atoms with Crippen molar-refractivity contribution in [3.63, 3.8) is 0 Å². The zero-order valence-electron chi connectivity index (χ0n) is 45.0. The van der Waals surface area contributed by atoms with E-state index in [1.54, 1.807) is 20.8 Å². The fourth-order valence-electron chi connectivity index (χ4n) is 7.87. The van der Waals surface area contributed by atoms with Crippen LogP contribution in [0.25, 0.3) is 0 Å². The minimum absolute atomic E-state index is 0.00260. The second-order valence-electron chi connectivity index (χ2n) is 19.2. The molecular weight excluding hydrogens is 1080 g/mol. The average molecular weight is 1160 g/mol. The first kappa shape index (κ1) is 68.8. The zero-order valence-corrected chi connectivity index (χ0v) is 46.5. The molecule has 0 spiro atoms. The van der Waals surface area contributed by atoms with Crippen molar-refractivity contribution < 1.29 is 63.0 Å². The van der Waals surface area contributed by atoms with E-state index in [-0.39, 0.29) is 86.2 Å². The lowest BCUT2D eigenvalue weighted by Gasteiger charge is -2.28. The van der Waals surface area contributed by atoms with Gasteiger partial charge in [-0.25, -0.2) is 0 Å². The minimum Gasteiger partial charge on any atom is -0.391 e. The molecule has 0 aliphatic carbocycles. The molecule has 0 aromatic heterocycles. The SMILES string of the molecule is CC[C@@H]1NC(=O)[C@@H](CC(C)C)NC(=O)[C@H](CCN)NC(=O)[C@@H](NC(=O)[C@H](CN)NC(=O)[C@@H](NC(=O)[C@H](CCN)NC(=O)c2ccc(Cl)cc2Cl)[C@@H](C)O)CCNC(=O)[C@H]([C@@H](C)O)NC(=O)[C@H](CCN)NC(=O)[C@H](CCN)NC1=O. The predicted molar refractivity (Wildman–Crippen MR) is 290 cm³/mol. The molecule has 31 heteroatoms. The predicted octanol–water partition coefficient (Wildman–Crippen LogP) is -6.45. The van der Waals surface area contributed by atoms with Crippen LogP contribution in [0.3, 0.4) is 0 Å². The van der Waals surface area contributed by atoms with Crippen molar-refractivity contribution in [2.75, 3.05) is 39.3 Å². The maximum atomic E-state index is 14.3. The van der Waals surface area contributed by atoms with Crippen molar-refractivity contribution in [2.45, 2.75) is 152 Å². The zero-order chi connectivity index (χ0) is 59.7. The lowest BCUT2D eigenvalue weighted by atomic mass is 10.0. The first-order valence-corrected chi connectivity index (χ1v) is 26.7. The summed E-state index contributed by atoms with van der Waals surface area (Å²) in [7, 11) is 0. The number of nitrogens with two attached hydrogens (primary N) is 5. The van der Waals surface area contributed by atoms with Gasteiger partial charge in [0.05, 0.1) is 22.8 Å². The van der Waals surface area contributed by atoms with Crippen molar-refractivity contribution in [1.82, 2.24) is 58.5 Å². The van der Waals surface area contributed by atoms with Crippen molar-refractivity contribution in [3.8, 4) is 0 Å². The monoisotopic (exact) mass is 1160 g/mol. The molecule has 0 radical (unpaired) electrons. The van der Waals surface area contributed by atoms with E-state index in [0.717, 1.165) is 6.92 Å². The Hall–Kier alpha value is -6.31. The van der Waals surface area contributed by atoms with Crippen LogP contribution < -0.4 is 87.2 Å². The van der Waals surface area contributed by atoms with Gasteiger partial charge in [-0.2, -0.15) is 0 Å². The maximum absolute atomic E-state index is 14.3. The van der Waals surface area contributed by atoms with Crippen LogP contribution in [-0.2, 0) is 47.9 Å². The van der Waals surface area contributed by atoms with Gasteiger partial charge in [-0.15, -0.1) is 0 Å². The molecule has 444 valence electrons. The van der Waals surface area contributed by atoms with Gasteiger partial charge in [0.1, 0.15) is 60.4 Å².